The van der Waals surface area contributed by atoms with E-state index >= 15 is 0 Å². The number of nitrogens with zero attached hydrogens (tertiary/aromatic N) is 2. The molecule has 0 radical (unpaired) electrons. The van der Waals surface area contributed by atoms with Crippen molar-refractivity contribution in [2.75, 3.05) is 24.3 Å². The van der Waals surface area contributed by atoms with Gasteiger partial charge in [-0.1, -0.05) is 23.7 Å². The third-order valence-corrected chi connectivity index (χ3v) is 4.44. The maximum Gasteiger partial charge on any atom is 0.258 e. The Bertz CT molecular complexity index is 944. The summed E-state index contributed by atoms with van der Waals surface area (Å²) in [5.74, 6) is 1.05. The minimum atomic E-state index is -0.268. The maximum atomic E-state index is 12.4. The highest BCUT2D eigenvalue weighted by Gasteiger charge is 2.09. The fourth-order valence-electron chi connectivity index (χ4n) is 2.61. The van der Waals surface area contributed by atoms with E-state index in [4.69, 9.17) is 16.3 Å². The zero-order valence-electron chi connectivity index (χ0n) is 15.7. The lowest BCUT2D eigenvalue weighted by molar-refractivity contribution is 0.102. The van der Waals surface area contributed by atoms with Crippen LogP contribution in [0, 0.1) is 6.92 Å². The van der Waals surface area contributed by atoms with E-state index in [1.54, 1.807) is 25.3 Å². The minimum Gasteiger partial charge on any atom is -0.497 e. The largest absolute Gasteiger partial charge is 0.497 e. The molecule has 144 valence electrons. The molecular weight excluding hydrogens is 376 g/mol. The highest BCUT2D eigenvalue weighted by Crippen LogP contribution is 2.20. The molecule has 6 nitrogen and oxygen atoms in total. The fraction of sp³-hybridized carbons (Fsp3) is 0.190. The summed E-state index contributed by atoms with van der Waals surface area (Å²) in [6.45, 7) is 2.57. The fourth-order valence-corrected chi connectivity index (χ4v) is 2.84. The smallest absolute Gasteiger partial charge is 0.258 e. The first-order valence-electron chi connectivity index (χ1n) is 8.81. The van der Waals surface area contributed by atoms with E-state index < -0.39 is 0 Å². The number of hydrogen-bond acceptors (Lipinski definition) is 5. The van der Waals surface area contributed by atoms with Crippen LogP contribution in [0.25, 0.3) is 0 Å². The Morgan fingerprint density at radius 2 is 1.82 bits per heavy atom. The van der Waals surface area contributed by atoms with Gasteiger partial charge in [-0.3, -0.25) is 4.79 Å². The molecule has 2 aromatic carbocycles. The molecular formula is C21H21ClN4O2. The van der Waals surface area contributed by atoms with Crippen molar-refractivity contribution in [3.05, 3.63) is 76.6 Å². The molecule has 0 bridgehead atoms. The van der Waals surface area contributed by atoms with Crippen LogP contribution in [0.3, 0.4) is 0 Å². The topological polar surface area (TPSA) is 76.1 Å². The van der Waals surface area contributed by atoms with Crippen molar-refractivity contribution in [2.45, 2.75) is 13.3 Å². The Balaban J connectivity index is 1.53. The van der Waals surface area contributed by atoms with Gasteiger partial charge in [0.1, 0.15) is 5.75 Å². The van der Waals surface area contributed by atoms with E-state index in [0.717, 1.165) is 17.7 Å². The zero-order chi connectivity index (χ0) is 19.9. The molecule has 0 saturated carbocycles. The summed E-state index contributed by atoms with van der Waals surface area (Å²) >= 11 is 5.94. The Labute approximate surface area is 168 Å². The molecule has 0 aliphatic rings. The Morgan fingerprint density at radius 1 is 1.11 bits per heavy atom. The number of hydrogen-bond donors (Lipinski definition) is 2. The van der Waals surface area contributed by atoms with Gasteiger partial charge in [0.25, 0.3) is 5.91 Å². The molecule has 3 aromatic rings. The molecule has 1 amide bonds. The molecule has 0 aliphatic heterocycles. The number of anilines is 2. The number of ether oxygens (including phenoxy) is 1. The first-order valence-corrected chi connectivity index (χ1v) is 9.19. The maximum absolute atomic E-state index is 12.4. The lowest BCUT2D eigenvalue weighted by Crippen LogP contribution is -2.14. The first-order chi connectivity index (χ1) is 13.5. The SMILES string of the molecule is COc1ccc(CCNc2ncc(C(=O)Nc3ccc(Cl)cc3C)cn2)cc1. The van der Waals surface area contributed by atoms with Crippen LogP contribution in [0.2, 0.25) is 5.02 Å². The van der Waals surface area contributed by atoms with Crippen molar-refractivity contribution in [1.29, 1.82) is 0 Å². The molecule has 0 atom stereocenters. The second-order valence-corrected chi connectivity index (χ2v) is 6.67. The average molecular weight is 397 g/mol. The monoisotopic (exact) mass is 396 g/mol. The van der Waals surface area contributed by atoms with Crippen LogP contribution in [-0.4, -0.2) is 29.5 Å². The summed E-state index contributed by atoms with van der Waals surface area (Å²) in [4.78, 5) is 20.8. The van der Waals surface area contributed by atoms with Crippen molar-refractivity contribution < 1.29 is 9.53 Å². The second-order valence-electron chi connectivity index (χ2n) is 6.23. The van der Waals surface area contributed by atoms with Crippen molar-refractivity contribution in [3.63, 3.8) is 0 Å². The van der Waals surface area contributed by atoms with Gasteiger partial charge in [0.15, 0.2) is 0 Å². The summed E-state index contributed by atoms with van der Waals surface area (Å²) in [7, 11) is 1.65. The third-order valence-electron chi connectivity index (χ3n) is 4.21. The van der Waals surface area contributed by atoms with E-state index in [0.29, 0.717) is 28.8 Å². The molecule has 0 saturated heterocycles. The van der Waals surface area contributed by atoms with Crippen LogP contribution in [0.1, 0.15) is 21.5 Å². The first kappa shape index (κ1) is 19.6. The van der Waals surface area contributed by atoms with Crippen molar-refractivity contribution in [1.82, 2.24) is 9.97 Å². The quantitative estimate of drug-likeness (QED) is 0.620. The minimum absolute atomic E-state index is 0.268. The summed E-state index contributed by atoms with van der Waals surface area (Å²) in [6, 6.07) is 13.2. The zero-order valence-corrected chi connectivity index (χ0v) is 16.5. The van der Waals surface area contributed by atoms with E-state index in [9.17, 15) is 4.79 Å². The molecule has 2 N–H and O–H groups in total. The lowest BCUT2D eigenvalue weighted by atomic mass is 10.1. The van der Waals surface area contributed by atoms with E-state index in [2.05, 4.69) is 20.6 Å². The predicted octanol–water partition coefficient (Wildman–Crippen LogP) is 4.35. The van der Waals surface area contributed by atoms with Crippen LogP contribution in [0.15, 0.2) is 54.9 Å². The van der Waals surface area contributed by atoms with Gasteiger partial charge in [-0.05, 0) is 54.8 Å². The van der Waals surface area contributed by atoms with Crippen molar-refractivity contribution >= 4 is 29.1 Å². The van der Waals surface area contributed by atoms with Crippen LogP contribution in [0.5, 0.6) is 5.75 Å². The lowest BCUT2D eigenvalue weighted by Gasteiger charge is -2.09. The standard InChI is InChI=1S/C21H21ClN4O2/c1-14-11-17(22)5-8-19(14)26-20(27)16-12-24-21(25-13-16)23-10-9-15-3-6-18(28-2)7-4-15/h3-8,11-13H,9-10H2,1-2H3,(H,26,27)(H,23,24,25). The number of halogens is 1. The van der Waals surface area contributed by atoms with Crippen LogP contribution < -0.4 is 15.4 Å². The number of aromatic nitrogens is 2. The summed E-state index contributed by atoms with van der Waals surface area (Å²) in [6.07, 6.45) is 3.83. The Hall–Kier alpha value is -3.12. The van der Waals surface area contributed by atoms with Gasteiger partial charge in [-0.2, -0.15) is 0 Å². The van der Waals surface area contributed by atoms with Gasteiger partial charge in [0.2, 0.25) is 5.95 Å². The van der Waals surface area contributed by atoms with Crippen molar-refractivity contribution in [2.24, 2.45) is 0 Å². The highest BCUT2D eigenvalue weighted by molar-refractivity contribution is 6.30. The number of amides is 1. The highest BCUT2D eigenvalue weighted by atomic mass is 35.5. The van der Waals surface area contributed by atoms with Gasteiger partial charge < -0.3 is 15.4 Å². The number of benzene rings is 2. The molecule has 0 unspecified atom stereocenters. The molecule has 28 heavy (non-hydrogen) atoms. The molecule has 7 heteroatoms. The van der Waals surface area contributed by atoms with Crippen LogP contribution >= 0.6 is 11.6 Å². The summed E-state index contributed by atoms with van der Waals surface area (Å²) in [5, 5.41) is 6.62. The van der Waals surface area contributed by atoms with Crippen LogP contribution in [0.4, 0.5) is 11.6 Å². The number of methoxy groups -OCH3 is 1. The van der Waals surface area contributed by atoms with E-state index in [-0.39, 0.29) is 5.91 Å². The Kier molecular flexibility index (Phi) is 6.45. The van der Waals surface area contributed by atoms with Gasteiger partial charge in [0, 0.05) is 29.6 Å². The molecule has 0 spiro atoms. The van der Waals surface area contributed by atoms with Crippen molar-refractivity contribution in [3.8, 4) is 5.75 Å². The summed E-state index contributed by atoms with van der Waals surface area (Å²) in [5.41, 5.74) is 3.16. The molecule has 0 fully saturated rings. The average Bonchev–Trinajstić information content (AvgIpc) is 2.71. The third kappa shape index (κ3) is 5.20. The molecule has 1 heterocycles. The van der Waals surface area contributed by atoms with E-state index in [1.807, 2.05) is 31.2 Å². The van der Waals surface area contributed by atoms with Gasteiger partial charge in [-0.15, -0.1) is 0 Å². The molecule has 0 aliphatic carbocycles. The van der Waals surface area contributed by atoms with Gasteiger partial charge >= 0.3 is 0 Å². The van der Waals surface area contributed by atoms with E-state index in [1.165, 1.54) is 18.0 Å². The van der Waals surface area contributed by atoms with Crippen LogP contribution in [-0.2, 0) is 6.42 Å². The normalized spacial score (nSPS) is 10.4. The number of carbonyl (C=O) groups excluding carboxylic acids is 1. The number of aryl methyl sites for hydroxylation is 1. The number of rotatable bonds is 7. The molecule has 3 rings (SSSR count). The summed E-state index contributed by atoms with van der Waals surface area (Å²) < 4.78 is 5.15. The number of nitrogens with one attached hydrogen (secondary N) is 2. The van der Waals surface area contributed by atoms with Gasteiger partial charge in [-0.25, -0.2) is 9.97 Å². The molecule has 1 aromatic heterocycles. The number of carbonyl (C=O) groups is 1. The van der Waals surface area contributed by atoms with Gasteiger partial charge in [0.05, 0.1) is 12.7 Å². The predicted molar refractivity (Wildman–Crippen MR) is 111 cm³/mol. The Morgan fingerprint density at radius 3 is 2.46 bits per heavy atom. The second kappa shape index (κ2) is 9.19.